The highest BCUT2D eigenvalue weighted by molar-refractivity contribution is 6.13. The van der Waals surface area contributed by atoms with Gasteiger partial charge in [-0.3, -0.25) is 4.99 Å². The maximum Gasteiger partial charge on any atom is 0.0722 e. The van der Waals surface area contributed by atoms with Gasteiger partial charge < -0.3 is 0 Å². The molecule has 4 rings (SSSR count). The molecule has 0 bridgehead atoms. The van der Waals surface area contributed by atoms with Gasteiger partial charge in [0.15, 0.2) is 0 Å². The predicted molar refractivity (Wildman–Crippen MR) is 96.1 cm³/mol. The van der Waals surface area contributed by atoms with E-state index < -0.39 is 0 Å². The summed E-state index contributed by atoms with van der Waals surface area (Å²) in [6.45, 7) is 0. The smallest absolute Gasteiger partial charge is 0.0722 e. The van der Waals surface area contributed by atoms with Crippen molar-refractivity contribution in [2.24, 2.45) is 4.99 Å². The van der Waals surface area contributed by atoms with Crippen molar-refractivity contribution in [3.05, 3.63) is 108 Å². The molecule has 23 heavy (non-hydrogen) atoms. The first-order valence-corrected chi connectivity index (χ1v) is 8.15. The van der Waals surface area contributed by atoms with E-state index >= 15 is 0 Å². The SMILES string of the molecule is c1ccc(C(=N[C@@H]2C[C@H]2c2ccccc2)c2ccccc2)cc1. The van der Waals surface area contributed by atoms with Crippen LogP contribution < -0.4 is 0 Å². The van der Waals surface area contributed by atoms with Gasteiger partial charge in [-0.25, -0.2) is 0 Å². The van der Waals surface area contributed by atoms with Crippen LogP contribution in [0.5, 0.6) is 0 Å². The molecule has 0 amide bonds. The van der Waals surface area contributed by atoms with E-state index in [-0.39, 0.29) is 0 Å². The highest BCUT2D eigenvalue weighted by Gasteiger charge is 2.38. The maximum atomic E-state index is 5.10. The molecule has 112 valence electrons. The van der Waals surface area contributed by atoms with Crippen LogP contribution in [0.3, 0.4) is 0 Å². The number of hydrogen-bond acceptors (Lipinski definition) is 1. The van der Waals surface area contributed by atoms with E-state index in [0.717, 1.165) is 12.1 Å². The molecule has 0 saturated heterocycles. The van der Waals surface area contributed by atoms with Crippen molar-refractivity contribution >= 4 is 5.71 Å². The van der Waals surface area contributed by atoms with Crippen molar-refractivity contribution in [1.82, 2.24) is 0 Å². The number of benzene rings is 3. The molecule has 0 N–H and O–H groups in total. The summed E-state index contributed by atoms with van der Waals surface area (Å²) >= 11 is 0. The fourth-order valence-electron chi connectivity index (χ4n) is 3.06. The van der Waals surface area contributed by atoms with Crippen LogP contribution in [0.4, 0.5) is 0 Å². The first-order valence-electron chi connectivity index (χ1n) is 8.15. The summed E-state index contributed by atoms with van der Waals surface area (Å²) in [5.41, 5.74) is 4.89. The minimum atomic E-state index is 0.396. The van der Waals surface area contributed by atoms with E-state index in [9.17, 15) is 0 Å². The topological polar surface area (TPSA) is 12.4 Å². The molecule has 3 aromatic rings. The zero-order valence-corrected chi connectivity index (χ0v) is 13.0. The summed E-state index contributed by atoms with van der Waals surface area (Å²) in [4.78, 5) is 5.10. The van der Waals surface area contributed by atoms with Gasteiger partial charge in [-0.1, -0.05) is 91.0 Å². The molecule has 0 radical (unpaired) electrons. The van der Waals surface area contributed by atoms with Gasteiger partial charge in [0, 0.05) is 17.0 Å². The van der Waals surface area contributed by atoms with E-state index in [1.807, 2.05) is 0 Å². The molecule has 1 heteroatoms. The highest BCUT2D eigenvalue weighted by Crippen LogP contribution is 2.43. The lowest BCUT2D eigenvalue weighted by atomic mass is 10.0. The van der Waals surface area contributed by atoms with Gasteiger partial charge in [-0.05, 0) is 12.0 Å². The van der Waals surface area contributed by atoms with Gasteiger partial charge in [-0.2, -0.15) is 0 Å². The van der Waals surface area contributed by atoms with Gasteiger partial charge in [0.05, 0.1) is 11.8 Å². The number of rotatable bonds is 4. The Morgan fingerprint density at radius 2 is 1.13 bits per heavy atom. The van der Waals surface area contributed by atoms with E-state index in [1.54, 1.807) is 0 Å². The number of aliphatic imine (C=N–C) groups is 1. The van der Waals surface area contributed by atoms with Crippen molar-refractivity contribution in [2.75, 3.05) is 0 Å². The second-order valence-electron chi connectivity index (χ2n) is 6.03. The third-order valence-corrected chi connectivity index (χ3v) is 4.37. The van der Waals surface area contributed by atoms with Crippen LogP contribution in [0.25, 0.3) is 0 Å². The lowest BCUT2D eigenvalue weighted by Gasteiger charge is -2.08. The van der Waals surface area contributed by atoms with Crippen LogP contribution in [-0.4, -0.2) is 11.8 Å². The summed E-state index contributed by atoms with van der Waals surface area (Å²) in [6, 6.07) is 32.1. The summed E-state index contributed by atoms with van der Waals surface area (Å²) in [6.07, 6.45) is 1.15. The van der Waals surface area contributed by atoms with Gasteiger partial charge in [0.25, 0.3) is 0 Å². The molecule has 0 aromatic heterocycles. The van der Waals surface area contributed by atoms with Crippen molar-refractivity contribution < 1.29 is 0 Å². The Morgan fingerprint density at radius 3 is 1.65 bits per heavy atom. The maximum absolute atomic E-state index is 5.10. The molecule has 1 nitrogen and oxygen atoms in total. The Labute approximate surface area is 137 Å². The molecule has 2 atom stereocenters. The van der Waals surface area contributed by atoms with Crippen LogP contribution in [0, 0.1) is 0 Å². The Kier molecular flexibility index (Phi) is 3.77. The highest BCUT2D eigenvalue weighted by atomic mass is 14.9. The first kappa shape index (κ1) is 14.0. The summed E-state index contributed by atoms with van der Waals surface area (Å²) in [5.74, 6) is 0.568. The zero-order valence-electron chi connectivity index (χ0n) is 13.0. The summed E-state index contributed by atoms with van der Waals surface area (Å²) in [5, 5.41) is 0. The molecule has 3 aromatic carbocycles. The average molecular weight is 297 g/mol. The molecule has 1 saturated carbocycles. The van der Waals surface area contributed by atoms with E-state index in [2.05, 4.69) is 91.0 Å². The predicted octanol–water partition coefficient (Wildman–Crippen LogP) is 5.08. The average Bonchev–Trinajstić information content (AvgIpc) is 3.41. The molecule has 0 aliphatic heterocycles. The Morgan fingerprint density at radius 1 is 0.652 bits per heavy atom. The van der Waals surface area contributed by atoms with Crippen LogP contribution in [0.15, 0.2) is 96.0 Å². The van der Waals surface area contributed by atoms with E-state index in [1.165, 1.54) is 16.7 Å². The number of nitrogens with zero attached hydrogens (tertiary/aromatic N) is 1. The third kappa shape index (κ3) is 3.09. The second-order valence-corrected chi connectivity index (χ2v) is 6.03. The number of hydrogen-bond donors (Lipinski definition) is 0. The lowest BCUT2D eigenvalue weighted by molar-refractivity contribution is 0.990. The van der Waals surface area contributed by atoms with Crippen LogP contribution in [0.2, 0.25) is 0 Å². The van der Waals surface area contributed by atoms with Gasteiger partial charge in [-0.15, -0.1) is 0 Å². The molecular weight excluding hydrogens is 278 g/mol. The van der Waals surface area contributed by atoms with Crippen LogP contribution in [0.1, 0.15) is 29.0 Å². The Bertz CT molecular complexity index is 750. The molecule has 0 unspecified atom stereocenters. The fourth-order valence-corrected chi connectivity index (χ4v) is 3.06. The van der Waals surface area contributed by atoms with Gasteiger partial charge >= 0.3 is 0 Å². The van der Waals surface area contributed by atoms with E-state index in [0.29, 0.717) is 12.0 Å². The molecule has 1 aliphatic rings. The minimum absolute atomic E-state index is 0.396. The standard InChI is InChI=1S/C22H19N/c1-4-10-17(11-5-1)20-16-21(20)23-22(18-12-6-2-7-13-18)19-14-8-3-9-15-19/h1-15,20-21H,16H2/t20-,21+/m0/s1. The van der Waals surface area contributed by atoms with Crippen LogP contribution in [-0.2, 0) is 0 Å². The van der Waals surface area contributed by atoms with Gasteiger partial charge in [0.2, 0.25) is 0 Å². The monoisotopic (exact) mass is 297 g/mol. The quantitative estimate of drug-likeness (QED) is 0.595. The molecule has 1 fully saturated rings. The molecule has 0 spiro atoms. The molecule has 1 aliphatic carbocycles. The van der Waals surface area contributed by atoms with E-state index in [4.69, 9.17) is 4.99 Å². The normalized spacial score (nSPS) is 19.1. The second kappa shape index (κ2) is 6.21. The van der Waals surface area contributed by atoms with Crippen molar-refractivity contribution in [1.29, 1.82) is 0 Å². The molecule has 0 heterocycles. The zero-order chi connectivity index (χ0) is 15.5. The van der Waals surface area contributed by atoms with Crippen molar-refractivity contribution in [3.63, 3.8) is 0 Å². The Hall–Kier alpha value is -2.67. The van der Waals surface area contributed by atoms with Crippen LogP contribution >= 0.6 is 0 Å². The Balaban J connectivity index is 1.67. The first-order chi connectivity index (χ1) is 11.4. The van der Waals surface area contributed by atoms with Gasteiger partial charge in [0.1, 0.15) is 0 Å². The minimum Gasteiger partial charge on any atom is -0.280 e. The largest absolute Gasteiger partial charge is 0.280 e. The third-order valence-electron chi connectivity index (χ3n) is 4.37. The van der Waals surface area contributed by atoms with Crippen molar-refractivity contribution in [3.8, 4) is 0 Å². The molecular formula is C22H19N. The lowest BCUT2D eigenvalue weighted by Crippen LogP contribution is -2.05. The van der Waals surface area contributed by atoms with Crippen molar-refractivity contribution in [2.45, 2.75) is 18.4 Å². The summed E-state index contributed by atoms with van der Waals surface area (Å²) in [7, 11) is 0. The fraction of sp³-hybridized carbons (Fsp3) is 0.136. The summed E-state index contributed by atoms with van der Waals surface area (Å²) < 4.78 is 0.